The summed E-state index contributed by atoms with van der Waals surface area (Å²) in [5.41, 5.74) is 0. The smallest absolute Gasteiger partial charge is 0.0593 e. The van der Waals surface area contributed by atoms with Gasteiger partial charge in [0.25, 0.3) is 0 Å². The monoisotopic (exact) mass is 159 g/mol. The molecule has 0 saturated carbocycles. The van der Waals surface area contributed by atoms with E-state index in [9.17, 15) is 0 Å². The number of nitrogens with zero attached hydrogens (tertiary/aromatic N) is 1. The van der Waals surface area contributed by atoms with E-state index < -0.39 is 0 Å². The normalized spacial score (nSPS) is 20.2. The maximum Gasteiger partial charge on any atom is 0.0593 e. The van der Waals surface area contributed by atoms with Crippen molar-refractivity contribution in [3.05, 3.63) is 0 Å². The van der Waals surface area contributed by atoms with Crippen LogP contribution in [0.3, 0.4) is 0 Å². The number of hydrogen-bond donors (Lipinski definition) is 1. The molecule has 66 valence electrons. The number of likely N-dealkylation sites (tertiary alicyclic amines) is 1. The summed E-state index contributed by atoms with van der Waals surface area (Å²) in [6.45, 7) is 7.08. The van der Waals surface area contributed by atoms with Gasteiger partial charge in [-0.25, -0.2) is 0 Å². The molecule has 1 N–H and O–H groups in total. The molecule has 1 rings (SSSR count). The maximum atomic E-state index is 8.72. The summed E-state index contributed by atoms with van der Waals surface area (Å²) >= 11 is 0. The van der Waals surface area contributed by atoms with Crippen LogP contribution in [0.5, 0.6) is 0 Å². The number of rotatable bonds is 5. The largest absolute Gasteiger partial charge is 0.396 e. The molecular weight excluding hydrogens is 142 g/mol. The third-order valence-corrected chi connectivity index (χ3v) is 2.05. The van der Waals surface area contributed by atoms with Crippen molar-refractivity contribution in [2.75, 3.05) is 39.5 Å². The van der Waals surface area contributed by atoms with Crippen LogP contribution < -0.4 is 0 Å². The van der Waals surface area contributed by atoms with E-state index in [1.807, 2.05) is 6.92 Å². The average molecular weight is 159 g/mol. The lowest BCUT2D eigenvalue weighted by Crippen LogP contribution is -2.49. The van der Waals surface area contributed by atoms with Crippen LogP contribution in [-0.2, 0) is 4.74 Å². The Labute approximate surface area is 68.0 Å². The predicted molar refractivity (Wildman–Crippen MR) is 43.5 cm³/mol. The fourth-order valence-corrected chi connectivity index (χ4v) is 1.31. The molecule has 0 radical (unpaired) electrons. The van der Waals surface area contributed by atoms with E-state index in [-0.39, 0.29) is 0 Å². The summed E-state index contributed by atoms with van der Waals surface area (Å²) in [5.74, 6) is 0.525. The van der Waals surface area contributed by atoms with Gasteiger partial charge in [-0.2, -0.15) is 0 Å². The van der Waals surface area contributed by atoms with Crippen molar-refractivity contribution in [2.45, 2.75) is 6.92 Å². The van der Waals surface area contributed by atoms with E-state index >= 15 is 0 Å². The second kappa shape index (κ2) is 4.70. The van der Waals surface area contributed by atoms with Gasteiger partial charge >= 0.3 is 0 Å². The Bertz CT molecular complexity index is 102. The molecule has 0 atom stereocenters. The molecule has 0 bridgehead atoms. The summed E-state index contributed by atoms with van der Waals surface area (Å²) in [6.07, 6.45) is 0. The van der Waals surface area contributed by atoms with Gasteiger partial charge in [-0.15, -0.1) is 0 Å². The van der Waals surface area contributed by atoms with Crippen LogP contribution >= 0.6 is 0 Å². The predicted octanol–water partition coefficient (Wildman–Crippen LogP) is -0.0530. The third kappa shape index (κ3) is 2.77. The first kappa shape index (κ1) is 8.97. The number of aliphatic hydroxyl groups excluding tert-OH is 1. The van der Waals surface area contributed by atoms with Gasteiger partial charge in [0.05, 0.1) is 6.61 Å². The summed E-state index contributed by atoms with van der Waals surface area (Å²) in [4.78, 5) is 2.30. The molecular formula is C8H17NO2. The molecule has 0 aliphatic carbocycles. The SMILES string of the molecule is CCOCCN1CC(CO)C1. The standard InChI is InChI=1S/C8H17NO2/c1-2-11-4-3-9-5-8(6-9)7-10/h8,10H,2-7H2,1H3. The molecule has 0 spiro atoms. The van der Waals surface area contributed by atoms with Crippen LogP contribution in [-0.4, -0.2) is 49.5 Å². The number of ether oxygens (including phenoxy) is 1. The molecule has 1 fully saturated rings. The van der Waals surface area contributed by atoms with Crippen molar-refractivity contribution in [1.29, 1.82) is 0 Å². The molecule has 0 amide bonds. The van der Waals surface area contributed by atoms with Crippen LogP contribution in [0.15, 0.2) is 0 Å². The van der Waals surface area contributed by atoms with Crippen LogP contribution in [0.2, 0.25) is 0 Å². The summed E-state index contributed by atoms with van der Waals surface area (Å²) in [6, 6.07) is 0. The van der Waals surface area contributed by atoms with Gasteiger partial charge in [0.2, 0.25) is 0 Å². The highest BCUT2D eigenvalue weighted by atomic mass is 16.5. The van der Waals surface area contributed by atoms with E-state index in [0.29, 0.717) is 12.5 Å². The highest BCUT2D eigenvalue weighted by Gasteiger charge is 2.24. The number of aliphatic hydroxyl groups is 1. The van der Waals surface area contributed by atoms with Crippen molar-refractivity contribution < 1.29 is 9.84 Å². The third-order valence-electron chi connectivity index (χ3n) is 2.05. The molecule has 0 aromatic heterocycles. The molecule has 3 heteroatoms. The number of hydrogen-bond acceptors (Lipinski definition) is 3. The molecule has 1 heterocycles. The highest BCUT2D eigenvalue weighted by Crippen LogP contribution is 2.13. The Hall–Kier alpha value is -0.120. The lowest BCUT2D eigenvalue weighted by Gasteiger charge is -2.37. The molecule has 1 aliphatic heterocycles. The van der Waals surface area contributed by atoms with Gasteiger partial charge in [0, 0.05) is 38.8 Å². The Kier molecular flexibility index (Phi) is 3.83. The zero-order valence-corrected chi connectivity index (χ0v) is 7.12. The van der Waals surface area contributed by atoms with Gasteiger partial charge in [-0.3, -0.25) is 0 Å². The minimum Gasteiger partial charge on any atom is -0.396 e. The van der Waals surface area contributed by atoms with Crippen molar-refractivity contribution in [1.82, 2.24) is 4.90 Å². The second-order valence-electron chi connectivity index (χ2n) is 3.01. The van der Waals surface area contributed by atoms with Crippen LogP contribution in [0, 0.1) is 5.92 Å². The first-order chi connectivity index (χ1) is 5.36. The van der Waals surface area contributed by atoms with E-state index in [4.69, 9.17) is 9.84 Å². The van der Waals surface area contributed by atoms with Crippen molar-refractivity contribution in [2.24, 2.45) is 5.92 Å². The first-order valence-electron chi connectivity index (χ1n) is 4.27. The molecule has 3 nitrogen and oxygen atoms in total. The summed E-state index contributed by atoms with van der Waals surface area (Å²) in [5, 5.41) is 8.72. The van der Waals surface area contributed by atoms with E-state index in [2.05, 4.69) is 4.90 Å². The topological polar surface area (TPSA) is 32.7 Å². The Morgan fingerprint density at radius 1 is 1.55 bits per heavy atom. The Morgan fingerprint density at radius 3 is 2.82 bits per heavy atom. The average Bonchev–Trinajstić information content (AvgIpc) is 1.94. The van der Waals surface area contributed by atoms with E-state index in [1.165, 1.54) is 0 Å². The molecule has 1 aliphatic rings. The first-order valence-corrected chi connectivity index (χ1v) is 4.27. The van der Waals surface area contributed by atoms with Gasteiger partial charge in [-0.1, -0.05) is 0 Å². The zero-order chi connectivity index (χ0) is 8.10. The van der Waals surface area contributed by atoms with Crippen molar-refractivity contribution >= 4 is 0 Å². The minimum atomic E-state index is 0.338. The maximum absolute atomic E-state index is 8.72. The fraction of sp³-hybridized carbons (Fsp3) is 1.00. The summed E-state index contributed by atoms with van der Waals surface area (Å²) < 4.78 is 5.20. The molecule has 11 heavy (non-hydrogen) atoms. The van der Waals surface area contributed by atoms with E-state index in [0.717, 1.165) is 32.8 Å². The van der Waals surface area contributed by atoms with Gasteiger partial charge in [0.15, 0.2) is 0 Å². The molecule has 0 unspecified atom stereocenters. The zero-order valence-electron chi connectivity index (χ0n) is 7.12. The van der Waals surface area contributed by atoms with Crippen molar-refractivity contribution in [3.63, 3.8) is 0 Å². The van der Waals surface area contributed by atoms with E-state index in [1.54, 1.807) is 0 Å². The Balaban J connectivity index is 1.88. The van der Waals surface area contributed by atoms with Crippen LogP contribution in [0.25, 0.3) is 0 Å². The summed E-state index contributed by atoms with van der Waals surface area (Å²) in [7, 11) is 0. The lowest BCUT2D eigenvalue weighted by atomic mass is 10.0. The van der Waals surface area contributed by atoms with Gasteiger partial charge in [0.1, 0.15) is 0 Å². The van der Waals surface area contributed by atoms with Crippen LogP contribution in [0.4, 0.5) is 0 Å². The fourth-order valence-electron chi connectivity index (χ4n) is 1.31. The molecule has 0 aromatic carbocycles. The molecule has 0 aromatic rings. The van der Waals surface area contributed by atoms with Crippen LogP contribution in [0.1, 0.15) is 6.92 Å². The van der Waals surface area contributed by atoms with Gasteiger partial charge in [-0.05, 0) is 6.92 Å². The molecule has 1 saturated heterocycles. The highest BCUT2D eigenvalue weighted by molar-refractivity contribution is 4.78. The van der Waals surface area contributed by atoms with Gasteiger partial charge < -0.3 is 14.7 Å². The van der Waals surface area contributed by atoms with Crippen molar-refractivity contribution in [3.8, 4) is 0 Å². The second-order valence-corrected chi connectivity index (χ2v) is 3.01. The quantitative estimate of drug-likeness (QED) is 0.571. The minimum absolute atomic E-state index is 0.338. The lowest BCUT2D eigenvalue weighted by molar-refractivity contribution is 0.0265. The Morgan fingerprint density at radius 2 is 2.27 bits per heavy atom.